The number of rotatable bonds is 3. The highest BCUT2D eigenvalue weighted by Crippen LogP contribution is 2.28. The molecule has 1 saturated carbocycles. The van der Waals surface area contributed by atoms with Gasteiger partial charge in [0.15, 0.2) is 0 Å². The van der Waals surface area contributed by atoms with Crippen molar-refractivity contribution in [2.75, 3.05) is 25.2 Å². The molecule has 0 unspecified atom stereocenters. The van der Waals surface area contributed by atoms with Gasteiger partial charge >= 0.3 is 0 Å². The lowest BCUT2D eigenvalue weighted by atomic mass is 9.94. The minimum atomic E-state index is 0.460. The Hall–Kier alpha value is -1.16. The summed E-state index contributed by atoms with van der Waals surface area (Å²) in [5.41, 5.74) is 1.14. The van der Waals surface area contributed by atoms with Gasteiger partial charge in [-0.15, -0.1) is 0 Å². The molecule has 0 radical (unpaired) electrons. The molecule has 4 nitrogen and oxygen atoms in total. The van der Waals surface area contributed by atoms with E-state index in [-0.39, 0.29) is 0 Å². The molecule has 4 heteroatoms. The fourth-order valence-electron chi connectivity index (χ4n) is 3.20. The van der Waals surface area contributed by atoms with Crippen LogP contribution in [-0.2, 0) is 4.74 Å². The van der Waals surface area contributed by atoms with Gasteiger partial charge in [0.05, 0.1) is 12.3 Å². The Bertz CT molecular complexity index is 412. The summed E-state index contributed by atoms with van der Waals surface area (Å²) < 4.78 is 5.45. The normalized spacial score (nSPS) is 24.6. The molecule has 0 aromatic carbocycles. The first-order valence-electron chi connectivity index (χ1n) is 7.47. The average molecular weight is 261 g/mol. The molecular formula is C15H23N3O. The van der Waals surface area contributed by atoms with Crippen LogP contribution >= 0.6 is 0 Å². The van der Waals surface area contributed by atoms with E-state index in [1.54, 1.807) is 6.33 Å². The lowest BCUT2D eigenvalue weighted by molar-refractivity contribution is 0.193. The number of hydrogen-bond acceptors (Lipinski definition) is 4. The molecule has 104 valence electrons. The van der Waals surface area contributed by atoms with Gasteiger partial charge in [-0.2, -0.15) is 0 Å². The lowest BCUT2D eigenvalue weighted by Gasteiger charge is -2.32. The third-order valence-electron chi connectivity index (χ3n) is 4.51. The molecule has 1 aliphatic carbocycles. The maximum Gasteiger partial charge on any atom is 0.132 e. The number of ether oxygens (including phenoxy) is 1. The predicted octanol–water partition coefficient (Wildman–Crippen LogP) is 2.75. The highest BCUT2D eigenvalue weighted by Gasteiger charge is 2.22. The van der Waals surface area contributed by atoms with Crippen LogP contribution in [-0.4, -0.2) is 36.3 Å². The molecule has 1 aliphatic heterocycles. The van der Waals surface area contributed by atoms with E-state index in [9.17, 15) is 0 Å². The minimum Gasteiger partial charge on any atom is -0.381 e. The van der Waals surface area contributed by atoms with Crippen molar-refractivity contribution in [3.8, 4) is 0 Å². The molecule has 0 spiro atoms. The molecule has 19 heavy (non-hydrogen) atoms. The zero-order chi connectivity index (χ0) is 13.1. The third kappa shape index (κ3) is 2.89. The van der Waals surface area contributed by atoms with Crippen molar-refractivity contribution in [2.45, 2.75) is 50.5 Å². The van der Waals surface area contributed by atoms with Crippen LogP contribution in [0.15, 0.2) is 12.4 Å². The molecule has 2 fully saturated rings. The molecule has 1 aromatic rings. The second-order valence-corrected chi connectivity index (χ2v) is 5.76. The second-order valence-electron chi connectivity index (χ2n) is 5.76. The van der Waals surface area contributed by atoms with Crippen molar-refractivity contribution in [2.24, 2.45) is 0 Å². The summed E-state index contributed by atoms with van der Waals surface area (Å²) in [6.07, 6.45) is 9.47. The van der Waals surface area contributed by atoms with Gasteiger partial charge in [0, 0.05) is 31.7 Å². The summed E-state index contributed by atoms with van der Waals surface area (Å²) >= 11 is 0. The van der Waals surface area contributed by atoms with Crippen molar-refractivity contribution in [3.05, 3.63) is 18.1 Å². The molecule has 1 saturated heterocycles. The second kappa shape index (κ2) is 5.87. The predicted molar refractivity (Wildman–Crippen MR) is 75.5 cm³/mol. The number of hydrogen-bond donors (Lipinski definition) is 0. The Morgan fingerprint density at radius 3 is 2.74 bits per heavy atom. The smallest absolute Gasteiger partial charge is 0.132 e. The number of anilines is 1. The summed E-state index contributed by atoms with van der Waals surface area (Å²) in [5, 5.41) is 0. The largest absolute Gasteiger partial charge is 0.381 e. The fraction of sp³-hybridized carbons (Fsp3) is 0.733. The van der Waals surface area contributed by atoms with Gasteiger partial charge in [0.2, 0.25) is 0 Å². The zero-order valence-electron chi connectivity index (χ0n) is 11.7. The molecule has 1 atom stereocenters. The van der Waals surface area contributed by atoms with Crippen LogP contribution in [0, 0.1) is 0 Å². The minimum absolute atomic E-state index is 0.460. The number of aromatic nitrogens is 2. The summed E-state index contributed by atoms with van der Waals surface area (Å²) in [6, 6.07) is 2.81. The molecule has 3 rings (SSSR count). The summed E-state index contributed by atoms with van der Waals surface area (Å²) in [5.74, 6) is 1.53. The van der Waals surface area contributed by atoms with Crippen molar-refractivity contribution < 1.29 is 4.74 Å². The Morgan fingerprint density at radius 1 is 1.16 bits per heavy atom. The van der Waals surface area contributed by atoms with Crippen LogP contribution < -0.4 is 4.90 Å². The highest BCUT2D eigenvalue weighted by molar-refractivity contribution is 5.40. The topological polar surface area (TPSA) is 38.2 Å². The lowest BCUT2D eigenvalue weighted by Crippen LogP contribution is -2.34. The maximum atomic E-state index is 5.45. The average Bonchev–Trinajstić information content (AvgIpc) is 3.02. The van der Waals surface area contributed by atoms with E-state index in [1.807, 2.05) is 0 Å². The first-order chi connectivity index (χ1) is 9.34. The van der Waals surface area contributed by atoms with Crippen LogP contribution in [0.4, 0.5) is 5.82 Å². The maximum absolute atomic E-state index is 5.45. The third-order valence-corrected chi connectivity index (χ3v) is 4.51. The van der Waals surface area contributed by atoms with Gasteiger partial charge in [-0.1, -0.05) is 19.3 Å². The first-order valence-corrected chi connectivity index (χ1v) is 7.47. The zero-order valence-corrected chi connectivity index (χ0v) is 11.7. The van der Waals surface area contributed by atoms with Crippen LogP contribution in [0.3, 0.4) is 0 Å². The van der Waals surface area contributed by atoms with Gasteiger partial charge in [-0.05, 0) is 19.3 Å². The fourth-order valence-corrected chi connectivity index (χ4v) is 3.20. The monoisotopic (exact) mass is 261 g/mol. The van der Waals surface area contributed by atoms with Gasteiger partial charge < -0.3 is 9.64 Å². The summed E-state index contributed by atoms with van der Waals surface area (Å²) in [4.78, 5) is 11.2. The van der Waals surface area contributed by atoms with E-state index in [0.29, 0.717) is 12.0 Å². The molecule has 2 aliphatic rings. The summed E-state index contributed by atoms with van der Waals surface area (Å²) in [6.45, 7) is 1.67. The Morgan fingerprint density at radius 2 is 2.00 bits per heavy atom. The van der Waals surface area contributed by atoms with E-state index in [1.165, 1.54) is 32.1 Å². The molecule has 2 heterocycles. The molecular weight excluding hydrogens is 238 g/mol. The van der Waals surface area contributed by atoms with E-state index >= 15 is 0 Å². The number of nitrogens with zero attached hydrogens (tertiary/aromatic N) is 3. The van der Waals surface area contributed by atoms with Crippen molar-refractivity contribution in [1.82, 2.24) is 9.97 Å². The van der Waals surface area contributed by atoms with Crippen molar-refractivity contribution >= 4 is 5.82 Å². The Labute approximate surface area is 115 Å². The van der Waals surface area contributed by atoms with Crippen LogP contribution in [0.5, 0.6) is 0 Å². The van der Waals surface area contributed by atoms with Gasteiger partial charge in [0.25, 0.3) is 0 Å². The van der Waals surface area contributed by atoms with E-state index in [4.69, 9.17) is 4.74 Å². The van der Waals surface area contributed by atoms with Gasteiger partial charge in [-0.3, -0.25) is 0 Å². The molecule has 0 bridgehead atoms. The summed E-state index contributed by atoms with van der Waals surface area (Å²) in [7, 11) is 2.17. The molecule has 1 aromatic heterocycles. The standard InChI is InChI=1S/C15H23N3O/c1-18(13-5-3-2-4-6-13)15-9-14(16-11-17-15)12-7-8-19-10-12/h9,11-13H,2-8,10H2,1H3/t12-/m0/s1. The van der Waals surface area contributed by atoms with Crippen molar-refractivity contribution in [1.29, 1.82) is 0 Å². The van der Waals surface area contributed by atoms with Crippen LogP contribution in [0.25, 0.3) is 0 Å². The quantitative estimate of drug-likeness (QED) is 0.838. The highest BCUT2D eigenvalue weighted by atomic mass is 16.5. The van der Waals surface area contributed by atoms with Gasteiger partial charge in [-0.25, -0.2) is 9.97 Å². The van der Waals surface area contributed by atoms with E-state index in [2.05, 4.69) is 28.0 Å². The van der Waals surface area contributed by atoms with Crippen LogP contribution in [0.1, 0.15) is 50.1 Å². The molecule has 0 amide bonds. The SMILES string of the molecule is CN(c1cc([C@H]2CCOC2)ncn1)C1CCCCC1. The van der Waals surface area contributed by atoms with E-state index in [0.717, 1.165) is 31.1 Å². The van der Waals surface area contributed by atoms with E-state index < -0.39 is 0 Å². The van der Waals surface area contributed by atoms with Crippen LogP contribution in [0.2, 0.25) is 0 Å². The van der Waals surface area contributed by atoms with Gasteiger partial charge in [0.1, 0.15) is 12.1 Å². The first kappa shape index (κ1) is 12.9. The van der Waals surface area contributed by atoms with Crippen molar-refractivity contribution in [3.63, 3.8) is 0 Å². The molecule has 0 N–H and O–H groups in total. The Kier molecular flexibility index (Phi) is 3.97. The Balaban J connectivity index is 1.74.